The molecule has 1 N–H and O–H groups in total. The first-order valence-electron chi connectivity index (χ1n) is 8.72. The Hall–Kier alpha value is -3.16. The molecule has 1 unspecified atom stereocenters. The first-order valence-corrected chi connectivity index (χ1v) is 8.72. The number of aliphatic imine (C=N–C) groups is 1. The van der Waals surface area contributed by atoms with Crippen molar-refractivity contribution in [2.24, 2.45) is 10.9 Å². The summed E-state index contributed by atoms with van der Waals surface area (Å²) in [5, 5.41) is 2.86. The highest BCUT2D eigenvalue weighted by Gasteiger charge is 2.34. The average Bonchev–Trinajstić information content (AvgIpc) is 3.11. The molecule has 1 aliphatic heterocycles. The fraction of sp³-hybridized carbons (Fsp3) is 0.250. The molecule has 28 heavy (non-hydrogen) atoms. The number of nitrogens with zero attached hydrogens (tertiary/aromatic N) is 1. The molecule has 1 atom stereocenters. The van der Waals surface area contributed by atoms with Crippen molar-refractivity contribution in [1.29, 1.82) is 0 Å². The number of allylic oxidation sites excluding steroid dienone is 3. The lowest BCUT2D eigenvalue weighted by Gasteiger charge is -2.28. The van der Waals surface area contributed by atoms with Gasteiger partial charge in [0.15, 0.2) is 0 Å². The van der Waals surface area contributed by atoms with Gasteiger partial charge in [0.25, 0.3) is 11.8 Å². The lowest BCUT2D eigenvalue weighted by molar-refractivity contribution is -0.274. The molecule has 0 radical (unpaired) electrons. The van der Waals surface area contributed by atoms with Crippen molar-refractivity contribution < 1.29 is 27.5 Å². The minimum atomic E-state index is -4.79. The summed E-state index contributed by atoms with van der Waals surface area (Å²) in [6.45, 7) is 0. The van der Waals surface area contributed by atoms with Crippen LogP contribution in [0.15, 0.2) is 64.3 Å². The second-order valence-electron chi connectivity index (χ2n) is 6.66. The van der Waals surface area contributed by atoms with Crippen LogP contribution >= 0.6 is 0 Å². The quantitative estimate of drug-likeness (QED) is 0.837. The summed E-state index contributed by atoms with van der Waals surface area (Å²) >= 11 is 0. The Morgan fingerprint density at radius 2 is 1.93 bits per heavy atom. The lowest BCUT2D eigenvalue weighted by Crippen LogP contribution is -2.35. The van der Waals surface area contributed by atoms with Crippen molar-refractivity contribution >= 4 is 17.5 Å². The number of amides is 2. The van der Waals surface area contributed by atoms with Crippen LogP contribution in [0.5, 0.6) is 5.75 Å². The first-order chi connectivity index (χ1) is 13.3. The topological polar surface area (TPSA) is 67.8 Å². The summed E-state index contributed by atoms with van der Waals surface area (Å²) in [5.74, 6) is -1.11. The molecule has 4 rings (SSSR count). The van der Waals surface area contributed by atoms with Crippen molar-refractivity contribution in [3.8, 4) is 5.75 Å². The smallest absolute Gasteiger partial charge is 0.406 e. The highest BCUT2D eigenvalue weighted by Crippen LogP contribution is 2.39. The Morgan fingerprint density at radius 3 is 2.64 bits per heavy atom. The maximum absolute atomic E-state index is 12.3. The van der Waals surface area contributed by atoms with Crippen LogP contribution in [-0.2, 0) is 4.79 Å². The Bertz CT molecular complexity index is 969. The molecule has 1 heterocycles. The molecular weight excluding hydrogens is 373 g/mol. The van der Waals surface area contributed by atoms with Crippen LogP contribution in [0, 0.1) is 5.92 Å². The van der Waals surface area contributed by atoms with Gasteiger partial charge < -0.3 is 10.1 Å². The minimum absolute atomic E-state index is 0.00283. The van der Waals surface area contributed by atoms with E-state index in [0.717, 1.165) is 42.5 Å². The molecule has 0 aromatic heterocycles. The SMILES string of the molecule is O=C1NC2=CC(=NC(=O)c3ccc(OC(F)(F)F)cc3)C=CC2C2=C1CCC2. The molecule has 8 heteroatoms. The van der Waals surface area contributed by atoms with E-state index in [-0.39, 0.29) is 17.4 Å². The summed E-state index contributed by atoms with van der Waals surface area (Å²) in [5.41, 5.74) is 3.16. The van der Waals surface area contributed by atoms with Crippen molar-refractivity contribution in [2.45, 2.75) is 25.6 Å². The van der Waals surface area contributed by atoms with Gasteiger partial charge in [-0.05, 0) is 61.3 Å². The molecule has 5 nitrogen and oxygen atoms in total. The molecule has 2 amide bonds. The molecule has 0 fully saturated rings. The van der Waals surface area contributed by atoms with Gasteiger partial charge in [-0.15, -0.1) is 13.2 Å². The number of rotatable bonds is 2. The largest absolute Gasteiger partial charge is 0.573 e. The fourth-order valence-corrected chi connectivity index (χ4v) is 3.64. The first kappa shape index (κ1) is 18.2. The third-order valence-electron chi connectivity index (χ3n) is 4.83. The monoisotopic (exact) mass is 388 g/mol. The van der Waals surface area contributed by atoms with E-state index in [1.165, 1.54) is 12.1 Å². The third-order valence-corrected chi connectivity index (χ3v) is 4.83. The number of hydrogen-bond donors (Lipinski definition) is 1. The Kier molecular flexibility index (Phi) is 4.41. The van der Waals surface area contributed by atoms with E-state index < -0.39 is 18.0 Å². The number of benzene rings is 1. The lowest BCUT2D eigenvalue weighted by atomic mass is 9.85. The van der Waals surface area contributed by atoms with Gasteiger partial charge in [-0.2, -0.15) is 0 Å². The fourth-order valence-electron chi connectivity index (χ4n) is 3.64. The molecule has 1 aromatic carbocycles. The van der Waals surface area contributed by atoms with Crippen LogP contribution in [0.25, 0.3) is 0 Å². The third kappa shape index (κ3) is 3.62. The zero-order valence-corrected chi connectivity index (χ0v) is 14.5. The van der Waals surface area contributed by atoms with E-state index in [9.17, 15) is 22.8 Å². The van der Waals surface area contributed by atoms with Crippen LogP contribution < -0.4 is 10.1 Å². The number of carbonyl (C=O) groups is 2. The second-order valence-corrected chi connectivity index (χ2v) is 6.66. The molecular formula is C20H15F3N2O3. The van der Waals surface area contributed by atoms with Gasteiger partial charge in [0, 0.05) is 22.8 Å². The van der Waals surface area contributed by atoms with Crippen molar-refractivity contribution in [1.82, 2.24) is 5.32 Å². The van der Waals surface area contributed by atoms with Gasteiger partial charge in [-0.3, -0.25) is 9.59 Å². The minimum Gasteiger partial charge on any atom is -0.406 e. The van der Waals surface area contributed by atoms with Crippen LogP contribution in [0.1, 0.15) is 29.6 Å². The van der Waals surface area contributed by atoms with Crippen molar-refractivity contribution in [2.75, 3.05) is 0 Å². The normalized spacial score (nSPS) is 22.5. The van der Waals surface area contributed by atoms with Gasteiger partial charge >= 0.3 is 6.36 Å². The zero-order valence-electron chi connectivity index (χ0n) is 14.5. The van der Waals surface area contributed by atoms with Crippen LogP contribution in [-0.4, -0.2) is 23.9 Å². The van der Waals surface area contributed by atoms with E-state index in [4.69, 9.17) is 0 Å². The number of halogens is 3. The summed E-state index contributed by atoms with van der Waals surface area (Å²) in [4.78, 5) is 28.5. The Morgan fingerprint density at radius 1 is 1.18 bits per heavy atom. The van der Waals surface area contributed by atoms with E-state index in [1.807, 2.05) is 6.08 Å². The predicted octanol–water partition coefficient (Wildman–Crippen LogP) is 3.85. The number of ether oxygens (including phenoxy) is 1. The van der Waals surface area contributed by atoms with Gasteiger partial charge in [0.05, 0.1) is 5.71 Å². The van der Waals surface area contributed by atoms with Gasteiger partial charge in [-0.25, -0.2) is 4.99 Å². The summed E-state index contributed by atoms with van der Waals surface area (Å²) in [6.07, 6.45) is 3.11. The standard InChI is InChI=1S/C20H15F3N2O3/c21-20(22,23)28-13-7-4-11(5-8-13)18(26)24-12-6-9-15-14-2-1-3-16(14)19(27)25-17(15)10-12/h4-10,15H,1-3H2,(H,25,27). The summed E-state index contributed by atoms with van der Waals surface area (Å²) in [7, 11) is 0. The van der Waals surface area contributed by atoms with E-state index in [0.29, 0.717) is 11.4 Å². The van der Waals surface area contributed by atoms with Crippen LogP contribution in [0.2, 0.25) is 0 Å². The summed E-state index contributed by atoms with van der Waals surface area (Å²) in [6, 6.07) is 4.55. The number of nitrogens with one attached hydrogen (secondary N) is 1. The van der Waals surface area contributed by atoms with Crippen LogP contribution in [0.4, 0.5) is 13.2 Å². The maximum Gasteiger partial charge on any atom is 0.573 e. The molecule has 0 saturated carbocycles. The van der Waals surface area contributed by atoms with E-state index in [2.05, 4.69) is 15.0 Å². The molecule has 1 aromatic rings. The Labute approximate surface area is 158 Å². The molecule has 2 aliphatic carbocycles. The predicted molar refractivity (Wildman–Crippen MR) is 94.6 cm³/mol. The maximum atomic E-state index is 12.3. The Balaban J connectivity index is 1.52. The van der Waals surface area contributed by atoms with Crippen LogP contribution in [0.3, 0.4) is 0 Å². The van der Waals surface area contributed by atoms with Gasteiger partial charge in [-0.1, -0.05) is 6.08 Å². The molecule has 3 aliphatic rings. The van der Waals surface area contributed by atoms with Gasteiger partial charge in [0.2, 0.25) is 0 Å². The highest BCUT2D eigenvalue weighted by molar-refractivity contribution is 6.14. The average molecular weight is 388 g/mol. The second kappa shape index (κ2) is 6.78. The van der Waals surface area contributed by atoms with Crippen molar-refractivity contribution in [3.05, 3.63) is 64.9 Å². The summed E-state index contributed by atoms with van der Waals surface area (Å²) < 4.78 is 40.4. The molecule has 0 spiro atoms. The molecule has 0 bridgehead atoms. The highest BCUT2D eigenvalue weighted by atomic mass is 19.4. The van der Waals surface area contributed by atoms with Crippen molar-refractivity contribution in [3.63, 3.8) is 0 Å². The number of fused-ring (bicyclic) bond motifs is 2. The van der Waals surface area contributed by atoms with E-state index in [1.54, 1.807) is 12.2 Å². The number of carbonyl (C=O) groups excluding carboxylic acids is 2. The number of alkyl halides is 3. The van der Waals surface area contributed by atoms with E-state index >= 15 is 0 Å². The zero-order chi connectivity index (χ0) is 19.9. The molecule has 0 saturated heterocycles. The van der Waals surface area contributed by atoms with Gasteiger partial charge in [0.1, 0.15) is 5.75 Å². The molecule has 144 valence electrons. The number of hydrogen-bond acceptors (Lipinski definition) is 3.